The summed E-state index contributed by atoms with van der Waals surface area (Å²) in [6.07, 6.45) is 1.50. The van der Waals surface area contributed by atoms with Crippen molar-refractivity contribution in [3.63, 3.8) is 0 Å². The summed E-state index contributed by atoms with van der Waals surface area (Å²) < 4.78 is 26.9. The summed E-state index contributed by atoms with van der Waals surface area (Å²) >= 11 is 0. The van der Waals surface area contributed by atoms with E-state index < -0.39 is 28.8 Å². The monoisotopic (exact) mass is 263 g/mol. The Bertz CT molecular complexity index is 617. The molecule has 19 heavy (non-hydrogen) atoms. The summed E-state index contributed by atoms with van der Waals surface area (Å²) in [5.41, 5.74) is 4.47. The van der Waals surface area contributed by atoms with Crippen molar-refractivity contribution in [1.82, 2.24) is 4.98 Å². The summed E-state index contributed by atoms with van der Waals surface area (Å²) in [5.74, 6) is -2.09. The lowest BCUT2D eigenvalue weighted by atomic mass is 10.1. The van der Waals surface area contributed by atoms with Gasteiger partial charge in [-0.15, -0.1) is 0 Å². The number of benzene rings is 1. The molecule has 0 bridgehead atoms. The van der Waals surface area contributed by atoms with Gasteiger partial charge in [0.15, 0.2) is 5.82 Å². The summed E-state index contributed by atoms with van der Waals surface area (Å²) in [7, 11) is 1.42. The van der Waals surface area contributed by atoms with E-state index in [0.717, 1.165) is 17.0 Å². The minimum atomic E-state index is -0.936. The van der Waals surface area contributed by atoms with Crippen molar-refractivity contribution >= 4 is 17.4 Å². The molecule has 2 N–H and O–H groups in total. The first kappa shape index (κ1) is 12.9. The fourth-order valence-corrected chi connectivity index (χ4v) is 1.60. The van der Waals surface area contributed by atoms with Crippen LogP contribution in [0.3, 0.4) is 0 Å². The van der Waals surface area contributed by atoms with Gasteiger partial charge in [-0.25, -0.2) is 13.8 Å². The predicted octanol–water partition coefficient (Wildman–Crippen LogP) is 2.22. The first-order chi connectivity index (χ1) is 9.00. The smallest absolute Gasteiger partial charge is 0.262 e. The van der Waals surface area contributed by atoms with Crippen LogP contribution in [0.1, 0.15) is 10.4 Å². The van der Waals surface area contributed by atoms with Crippen LogP contribution in [-0.4, -0.2) is 17.9 Å². The largest absolute Gasteiger partial charge is 0.396 e. The molecule has 0 spiro atoms. The van der Waals surface area contributed by atoms with E-state index in [9.17, 15) is 13.6 Å². The van der Waals surface area contributed by atoms with E-state index in [1.54, 1.807) is 18.2 Å². The second-order valence-electron chi connectivity index (χ2n) is 3.91. The van der Waals surface area contributed by atoms with Gasteiger partial charge in [-0.05, 0) is 24.3 Å². The van der Waals surface area contributed by atoms with Crippen molar-refractivity contribution in [3.05, 3.63) is 53.7 Å². The summed E-state index contributed by atoms with van der Waals surface area (Å²) in [5, 5.41) is 0. The fourth-order valence-electron chi connectivity index (χ4n) is 1.60. The molecule has 1 amide bonds. The quantitative estimate of drug-likeness (QED) is 0.845. The maximum Gasteiger partial charge on any atom is 0.262 e. The molecule has 0 aliphatic heterocycles. The second-order valence-corrected chi connectivity index (χ2v) is 3.91. The molecule has 1 heterocycles. The van der Waals surface area contributed by atoms with Crippen LogP contribution >= 0.6 is 0 Å². The minimum absolute atomic E-state index is 0.328. The number of carbonyl (C=O) groups is 1. The molecule has 2 aromatic rings. The summed E-state index contributed by atoms with van der Waals surface area (Å²) in [4.78, 5) is 17.2. The Balaban J connectivity index is 2.40. The van der Waals surface area contributed by atoms with Crippen LogP contribution in [0.4, 0.5) is 20.3 Å². The van der Waals surface area contributed by atoms with E-state index in [1.807, 2.05) is 0 Å². The van der Waals surface area contributed by atoms with Crippen LogP contribution in [0.2, 0.25) is 0 Å². The number of amides is 1. The Morgan fingerprint density at radius 3 is 2.68 bits per heavy atom. The van der Waals surface area contributed by atoms with Crippen LogP contribution in [0.25, 0.3) is 0 Å². The number of anilines is 2. The van der Waals surface area contributed by atoms with Crippen molar-refractivity contribution < 1.29 is 13.6 Å². The number of carbonyl (C=O) groups excluding carboxylic acids is 1. The highest BCUT2D eigenvalue weighted by Gasteiger charge is 2.20. The number of pyridine rings is 1. The van der Waals surface area contributed by atoms with Crippen molar-refractivity contribution in [3.8, 4) is 0 Å². The van der Waals surface area contributed by atoms with Crippen LogP contribution in [-0.2, 0) is 0 Å². The highest BCUT2D eigenvalue weighted by molar-refractivity contribution is 6.05. The number of hydrogen-bond donors (Lipinski definition) is 1. The Morgan fingerprint density at radius 2 is 2.05 bits per heavy atom. The topological polar surface area (TPSA) is 59.2 Å². The maximum absolute atomic E-state index is 13.7. The third-order valence-electron chi connectivity index (χ3n) is 2.59. The van der Waals surface area contributed by atoms with Crippen molar-refractivity contribution in [2.75, 3.05) is 17.7 Å². The molecule has 4 nitrogen and oxygen atoms in total. The van der Waals surface area contributed by atoms with Gasteiger partial charge in [-0.3, -0.25) is 9.69 Å². The van der Waals surface area contributed by atoms with Gasteiger partial charge in [0, 0.05) is 13.2 Å². The predicted molar refractivity (Wildman–Crippen MR) is 67.7 cm³/mol. The molecule has 0 aliphatic carbocycles. The number of aromatic nitrogens is 1. The van der Waals surface area contributed by atoms with Crippen molar-refractivity contribution in [1.29, 1.82) is 0 Å². The van der Waals surface area contributed by atoms with Crippen LogP contribution in [0.15, 0.2) is 36.5 Å². The van der Waals surface area contributed by atoms with E-state index in [0.29, 0.717) is 5.82 Å². The van der Waals surface area contributed by atoms with E-state index in [-0.39, 0.29) is 0 Å². The zero-order valence-corrected chi connectivity index (χ0v) is 10.1. The molecule has 0 saturated heterocycles. The van der Waals surface area contributed by atoms with Gasteiger partial charge in [0.05, 0.1) is 11.3 Å². The van der Waals surface area contributed by atoms with Gasteiger partial charge < -0.3 is 5.73 Å². The molecule has 1 aromatic carbocycles. The lowest BCUT2D eigenvalue weighted by molar-refractivity contribution is 0.0988. The van der Waals surface area contributed by atoms with Gasteiger partial charge in [0.1, 0.15) is 11.6 Å². The molecule has 0 saturated carbocycles. The first-order valence-electron chi connectivity index (χ1n) is 5.44. The third kappa shape index (κ3) is 2.52. The minimum Gasteiger partial charge on any atom is -0.396 e. The standard InChI is InChI=1S/C13H11F2N3O/c1-18(11-4-2-3-5-17-11)13(19)9-6-8(14)7-10(16)12(9)15/h2-7H,16H2,1H3. The zero-order chi connectivity index (χ0) is 14.0. The van der Waals surface area contributed by atoms with Gasteiger partial charge in [0.2, 0.25) is 0 Å². The van der Waals surface area contributed by atoms with E-state index >= 15 is 0 Å². The molecule has 6 heteroatoms. The van der Waals surface area contributed by atoms with Crippen molar-refractivity contribution in [2.45, 2.75) is 0 Å². The average molecular weight is 263 g/mol. The number of nitrogen functional groups attached to an aromatic ring is 1. The van der Waals surface area contributed by atoms with Crippen LogP contribution in [0.5, 0.6) is 0 Å². The molecule has 0 unspecified atom stereocenters. The van der Waals surface area contributed by atoms with Crippen LogP contribution in [0, 0.1) is 11.6 Å². The number of nitrogens with zero attached hydrogens (tertiary/aromatic N) is 2. The lowest BCUT2D eigenvalue weighted by Gasteiger charge is -2.16. The number of nitrogens with two attached hydrogens (primary N) is 1. The zero-order valence-electron chi connectivity index (χ0n) is 10.1. The SMILES string of the molecule is CN(C(=O)c1cc(F)cc(N)c1F)c1ccccn1. The van der Waals surface area contributed by atoms with Gasteiger partial charge in [-0.2, -0.15) is 0 Å². The van der Waals surface area contributed by atoms with Crippen molar-refractivity contribution in [2.24, 2.45) is 0 Å². The Hall–Kier alpha value is -2.50. The molecule has 1 aromatic heterocycles. The normalized spacial score (nSPS) is 10.3. The average Bonchev–Trinajstić information content (AvgIpc) is 2.42. The number of rotatable bonds is 2. The molecular formula is C13H11F2N3O. The number of halogens is 2. The van der Waals surface area contributed by atoms with Gasteiger partial charge in [-0.1, -0.05) is 6.07 Å². The Labute approximate surface area is 108 Å². The fraction of sp³-hybridized carbons (Fsp3) is 0.0769. The molecule has 0 aliphatic rings. The molecule has 0 radical (unpaired) electrons. The molecule has 98 valence electrons. The highest BCUT2D eigenvalue weighted by atomic mass is 19.1. The van der Waals surface area contributed by atoms with E-state index in [2.05, 4.69) is 4.98 Å². The number of hydrogen-bond acceptors (Lipinski definition) is 3. The molecule has 0 fully saturated rings. The summed E-state index contributed by atoms with van der Waals surface area (Å²) in [6.45, 7) is 0. The Morgan fingerprint density at radius 1 is 1.32 bits per heavy atom. The second kappa shape index (κ2) is 5.01. The van der Waals surface area contributed by atoms with E-state index in [4.69, 9.17) is 5.73 Å². The van der Waals surface area contributed by atoms with Gasteiger partial charge >= 0.3 is 0 Å². The van der Waals surface area contributed by atoms with Crippen LogP contribution < -0.4 is 10.6 Å². The Kier molecular flexibility index (Phi) is 3.41. The molecular weight excluding hydrogens is 252 g/mol. The lowest BCUT2D eigenvalue weighted by Crippen LogP contribution is -2.28. The third-order valence-corrected chi connectivity index (χ3v) is 2.59. The van der Waals surface area contributed by atoms with E-state index in [1.165, 1.54) is 13.2 Å². The highest BCUT2D eigenvalue weighted by Crippen LogP contribution is 2.20. The maximum atomic E-state index is 13.7. The summed E-state index contributed by atoms with van der Waals surface area (Å²) in [6, 6.07) is 6.59. The molecule has 0 atom stereocenters. The van der Waals surface area contributed by atoms with Gasteiger partial charge in [0.25, 0.3) is 5.91 Å². The molecule has 2 rings (SSSR count). The first-order valence-corrected chi connectivity index (χ1v) is 5.44.